The Balaban J connectivity index is 1.51. The van der Waals surface area contributed by atoms with Crippen LogP contribution in [0.25, 0.3) is 5.65 Å². The number of nitrogen functional groups attached to an aromatic ring is 1. The number of aliphatic hydroxyl groups excluding tert-OH is 1. The summed E-state index contributed by atoms with van der Waals surface area (Å²) in [5, 5.41) is 31.0. The first-order valence-electron chi connectivity index (χ1n) is 9.08. The van der Waals surface area contributed by atoms with Crippen molar-refractivity contribution in [1.29, 1.82) is 5.26 Å². The molecule has 0 aliphatic heterocycles. The molecule has 0 amide bonds. The van der Waals surface area contributed by atoms with Gasteiger partial charge in [0, 0.05) is 24.7 Å². The summed E-state index contributed by atoms with van der Waals surface area (Å²) in [6.45, 7) is 2.71. The van der Waals surface area contributed by atoms with Crippen molar-refractivity contribution in [3.63, 3.8) is 0 Å². The van der Waals surface area contributed by atoms with Crippen LogP contribution in [0.5, 0.6) is 0 Å². The summed E-state index contributed by atoms with van der Waals surface area (Å²) in [5.74, 6) is 0.749. The second-order valence-corrected chi connectivity index (χ2v) is 6.90. The Morgan fingerprint density at radius 3 is 2.93 bits per heavy atom. The molecule has 3 heterocycles. The highest BCUT2D eigenvalue weighted by Crippen LogP contribution is 2.42. The minimum Gasteiger partial charge on any atom is -0.394 e. The van der Waals surface area contributed by atoms with E-state index in [1.165, 1.54) is 4.52 Å². The van der Waals surface area contributed by atoms with E-state index in [1.807, 2.05) is 23.9 Å². The number of nitrogens with two attached hydrogens (primary N) is 1. The molecule has 0 aromatic carbocycles. The maximum absolute atomic E-state index is 9.51. The van der Waals surface area contributed by atoms with E-state index in [4.69, 9.17) is 5.73 Å². The van der Waals surface area contributed by atoms with E-state index in [1.54, 1.807) is 6.20 Å². The van der Waals surface area contributed by atoms with Crippen LogP contribution in [-0.4, -0.2) is 42.6 Å². The zero-order chi connectivity index (χ0) is 19.0. The van der Waals surface area contributed by atoms with Crippen molar-refractivity contribution in [2.75, 3.05) is 24.2 Å². The molecule has 4 rings (SSSR count). The summed E-state index contributed by atoms with van der Waals surface area (Å²) in [4.78, 5) is 4.56. The number of aliphatic hydroxyl groups is 1. The number of nitrogens with one attached hydrogen (secondary N) is 1. The lowest BCUT2D eigenvalue weighted by atomic mass is 10.2. The normalized spacial score (nSPS) is 15.0. The van der Waals surface area contributed by atoms with Gasteiger partial charge in [-0.25, -0.2) is 4.98 Å². The van der Waals surface area contributed by atoms with Crippen LogP contribution < -0.4 is 11.1 Å². The third-order valence-electron chi connectivity index (χ3n) is 5.17. The van der Waals surface area contributed by atoms with Gasteiger partial charge in [-0.3, -0.25) is 4.68 Å². The van der Waals surface area contributed by atoms with Crippen molar-refractivity contribution in [3.8, 4) is 6.07 Å². The third-order valence-corrected chi connectivity index (χ3v) is 5.17. The first-order valence-corrected chi connectivity index (χ1v) is 9.08. The Labute approximate surface area is 156 Å². The molecular weight excluding hydrogens is 344 g/mol. The Bertz CT molecular complexity index is 1020. The van der Waals surface area contributed by atoms with Crippen LogP contribution >= 0.6 is 0 Å². The molecule has 1 fully saturated rings. The number of nitriles is 1. The summed E-state index contributed by atoms with van der Waals surface area (Å²) in [6.07, 6.45) is 7.02. The first kappa shape index (κ1) is 17.3. The zero-order valence-corrected chi connectivity index (χ0v) is 15.2. The molecule has 0 spiro atoms. The molecule has 0 bridgehead atoms. The van der Waals surface area contributed by atoms with Gasteiger partial charge in [-0.1, -0.05) is 6.92 Å². The molecule has 1 saturated carbocycles. The smallest absolute Gasteiger partial charge is 0.162 e. The van der Waals surface area contributed by atoms with Gasteiger partial charge in [0.15, 0.2) is 5.65 Å². The van der Waals surface area contributed by atoms with Crippen LogP contribution in [0.1, 0.15) is 36.6 Å². The average Bonchev–Trinajstić information content (AvgIpc) is 3.14. The van der Waals surface area contributed by atoms with Crippen molar-refractivity contribution in [2.24, 2.45) is 0 Å². The molecule has 0 saturated heterocycles. The minimum absolute atomic E-state index is 0.117. The van der Waals surface area contributed by atoms with Gasteiger partial charge >= 0.3 is 0 Å². The van der Waals surface area contributed by atoms with E-state index in [0.717, 1.165) is 30.5 Å². The Kier molecular flexibility index (Phi) is 4.20. The quantitative estimate of drug-likeness (QED) is 0.570. The van der Waals surface area contributed by atoms with Crippen LogP contribution in [-0.2, 0) is 18.4 Å². The van der Waals surface area contributed by atoms with E-state index in [2.05, 4.69) is 26.6 Å². The van der Waals surface area contributed by atoms with Gasteiger partial charge < -0.3 is 16.2 Å². The van der Waals surface area contributed by atoms with Crippen LogP contribution in [0.4, 0.5) is 11.6 Å². The first-order chi connectivity index (χ1) is 13.1. The lowest BCUT2D eigenvalue weighted by Gasteiger charge is -2.12. The zero-order valence-electron chi connectivity index (χ0n) is 15.2. The molecule has 27 heavy (non-hydrogen) atoms. The fourth-order valence-corrected chi connectivity index (χ4v) is 3.22. The van der Waals surface area contributed by atoms with Crippen molar-refractivity contribution in [3.05, 3.63) is 35.3 Å². The van der Waals surface area contributed by atoms with Gasteiger partial charge in [0.1, 0.15) is 23.3 Å². The predicted molar refractivity (Wildman–Crippen MR) is 100 cm³/mol. The molecular formula is C18H22N8O. The Morgan fingerprint density at radius 1 is 1.44 bits per heavy atom. The minimum atomic E-state index is -0.195. The van der Waals surface area contributed by atoms with E-state index >= 15 is 0 Å². The predicted octanol–water partition coefficient (Wildman–Crippen LogP) is 1.08. The molecule has 9 heteroatoms. The average molecular weight is 366 g/mol. The van der Waals surface area contributed by atoms with Gasteiger partial charge in [-0.05, 0) is 25.3 Å². The van der Waals surface area contributed by atoms with Crippen molar-refractivity contribution < 1.29 is 5.11 Å². The maximum atomic E-state index is 9.51. The van der Waals surface area contributed by atoms with Crippen molar-refractivity contribution in [1.82, 2.24) is 24.4 Å². The molecule has 0 unspecified atom stereocenters. The highest BCUT2D eigenvalue weighted by atomic mass is 16.3. The van der Waals surface area contributed by atoms with Gasteiger partial charge in [0.25, 0.3) is 0 Å². The van der Waals surface area contributed by atoms with Crippen LogP contribution in [0.2, 0.25) is 0 Å². The molecule has 140 valence electrons. The van der Waals surface area contributed by atoms with Gasteiger partial charge in [-0.15, -0.1) is 0 Å². The topological polar surface area (TPSA) is 130 Å². The number of fused-ring (bicyclic) bond motifs is 1. The van der Waals surface area contributed by atoms with Gasteiger partial charge in [-0.2, -0.15) is 20.0 Å². The third kappa shape index (κ3) is 2.88. The summed E-state index contributed by atoms with van der Waals surface area (Å²) in [6, 6.07) is 4.07. The van der Waals surface area contributed by atoms with E-state index in [9.17, 15) is 10.4 Å². The SMILES string of the molecule is CCc1cnn2c(N)c(C#N)c(NCCc3ccn(C4(CO)CC4)n3)nc12. The molecule has 0 atom stereocenters. The second-order valence-electron chi connectivity index (χ2n) is 6.90. The van der Waals surface area contributed by atoms with Crippen molar-refractivity contribution in [2.45, 2.75) is 38.1 Å². The number of aryl methyl sites for hydroxylation is 1. The van der Waals surface area contributed by atoms with E-state index in [0.29, 0.717) is 24.4 Å². The second kappa shape index (κ2) is 6.55. The molecule has 9 nitrogen and oxygen atoms in total. The lowest BCUT2D eigenvalue weighted by molar-refractivity contribution is 0.202. The summed E-state index contributed by atoms with van der Waals surface area (Å²) in [5.41, 5.74) is 8.78. The van der Waals surface area contributed by atoms with E-state index in [-0.39, 0.29) is 23.5 Å². The number of hydrogen-bond donors (Lipinski definition) is 3. The number of rotatable bonds is 7. The number of nitrogens with zero attached hydrogens (tertiary/aromatic N) is 6. The van der Waals surface area contributed by atoms with Crippen LogP contribution in [0, 0.1) is 11.3 Å². The fourth-order valence-electron chi connectivity index (χ4n) is 3.22. The maximum Gasteiger partial charge on any atom is 0.162 e. The highest BCUT2D eigenvalue weighted by Gasteiger charge is 2.44. The number of hydrogen-bond acceptors (Lipinski definition) is 7. The Hall–Kier alpha value is -3.12. The number of anilines is 2. The largest absolute Gasteiger partial charge is 0.394 e. The summed E-state index contributed by atoms with van der Waals surface area (Å²) >= 11 is 0. The standard InChI is InChI=1S/C18H22N8O/c1-2-12-10-22-26-15(20)14(9-19)16(23-17(12)26)21-7-3-13-4-8-25(24-13)18(11-27)5-6-18/h4,8,10,27H,2-3,5-7,11,20H2,1H3,(H,21,23). The molecule has 1 aliphatic rings. The Morgan fingerprint density at radius 2 is 2.26 bits per heavy atom. The van der Waals surface area contributed by atoms with Crippen LogP contribution in [0.15, 0.2) is 18.5 Å². The molecule has 3 aromatic heterocycles. The van der Waals surface area contributed by atoms with Gasteiger partial charge in [0.05, 0.1) is 24.0 Å². The summed E-state index contributed by atoms with van der Waals surface area (Å²) < 4.78 is 3.37. The summed E-state index contributed by atoms with van der Waals surface area (Å²) in [7, 11) is 0. The van der Waals surface area contributed by atoms with Gasteiger partial charge in [0.2, 0.25) is 0 Å². The van der Waals surface area contributed by atoms with Crippen LogP contribution in [0.3, 0.4) is 0 Å². The molecule has 4 N–H and O–H groups in total. The lowest BCUT2D eigenvalue weighted by Crippen LogP contribution is -2.22. The molecule has 0 radical (unpaired) electrons. The van der Waals surface area contributed by atoms with E-state index < -0.39 is 0 Å². The fraction of sp³-hybridized carbons (Fsp3) is 0.444. The monoisotopic (exact) mass is 366 g/mol. The molecule has 3 aromatic rings. The number of aromatic nitrogens is 5. The molecule has 1 aliphatic carbocycles. The van der Waals surface area contributed by atoms with Crippen molar-refractivity contribution >= 4 is 17.3 Å². The highest BCUT2D eigenvalue weighted by molar-refractivity contribution is 5.69.